The molecule has 2 N–H and O–H groups in total. The van der Waals surface area contributed by atoms with Gasteiger partial charge in [-0.25, -0.2) is 4.79 Å². The Kier molecular flexibility index (Phi) is 0.990. The normalized spacial score (nSPS) is 42.9. The minimum atomic E-state index is -0.635. The standard InChI is InChI=1S/C6H7NO3/c8-4-2-1-3-5(4)10-6(9)7-3/h1-5,8H,(H,7,9)/t3-,4-,5-/m0/s1. The molecule has 1 amide bonds. The molecule has 2 rings (SSSR count). The number of alkyl carbamates (subject to hydrolysis) is 1. The predicted octanol–water partition coefficient (Wildman–Crippen LogP) is -0.606. The Bertz CT molecular complexity index is 201. The van der Waals surface area contributed by atoms with Gasteiger partial charge < -0.3 is 15.2 Å². The van der Waals surface area contributed by atoms with E-state index >= 15 is 0 Å². The smallest absolute Gasteiger partial charge is 0.408 e. The van der Waals surface area contributed by atoms with Gasteiger partial charge in [-0.1, -0.05) is 12.2 Å². The molecule has 0 unspecified atom stereocenters. The highest BCUT2D eigenvalue weighted by Gasteiger charge is 2.40. The Hall–Kier alpha value is -1.03. The van der Waals surface area contributed by atoms with Crippen molar-refractivity contribution in [3.63, 3.8) is 0 Å². The summed E-state index contributed by atoms with van der Waals surface area (Å²) in [6.45, 7) is 0. The molecule has 1 fully saturated rings. The maximum atomic E-state index is 10.5. The highest BCUT2D eigenvalue weighted by atomic mass is 16.6. The average molecular weight is 141 g/mol. The molecule has 4 heteroatoms. The summed E-state index contributed by atoms with van der Waals surface area (Å²) in [5, 5.41) is 11.7. The lowest BCUT2D eigenvalue weighted by molar-refractivity contribution is 0.0588. The minimum Gasteiger partial charge on any atom is -0.441 e. The van der Waals surface area contributed by atoms with Crippen molar-refractivity contribution in [3.05, 3.63) is 12.2 Å². The fourth-order valence-electron chi connectivity index (χ4n) is 1.23. The van der Waals surface area contributed by atoms with E-state index in [1.165, 1.54) is 0 Å². The Morgan fingerprint density at radius 2 is 2.40 bits per heavy atom. The van der Waals surface area contributed by atoms with Gasteiger partial charge in [-0.05, 0) is 0 Å². The quantitative estimate of drug-likeness (QED) is 0.442. The number of aliphatic hydroxyl groups excluding tert-OH is 1. The summed E-state index contributed by atoms with van der Waals surface area (Å²) in [5.74, 6) is 0. The number of rotatable bonds is 0. The van der Waals surface area contributed by atoms with Gasteiger partial charge in [-0.15, -0.1) is 0 Å². The van der Waals surface area contributed by atoms with Crippen LogP contribution >= 0.6 is 0 Å². The zero-order valence-corrected chi connectivity index (χ0v) is 5.15. The lowest BCUT2D eigenvalue weighted by Crippen LogP contribution is -2.31. The maximum absolute atomic E-state index is 10.5. The van der Waals surface area contributed by atoms with Gasteiger partial charge in [0.25, 0.3) is 0 Å². The van der Waals surface area contributed by atoms with Crippen LogP contribution in [0.15, 0.2) is 12.2 Å². The first kappa shape index (κ1) is 5.73. The minimum absolute atomic E-state index is 0.123. The molecule has 0 saturated carbocycles. The van der Waals surface area contributed by atoms with E-state index in [0.29, 0.717) is 0 Å². The molecule has 3 atom stereocenters. The molecule has 2 aliphatic rings. The molecule has 4 nitrogen and oxygen atoms in total. The third-order valence-corrected chi connectivity index (χ3v) is 1.73. The molecule has 54 valence electrons. The van der Waals surface area contributed by atoms with Crippen LogP contribution < -0.4 is 5.32 Å². The van der Waals surface area contributed by atoms with E-state index in [2.05, 4.69) is 5.32 Å². The van der Waals surface area contributed by atoms with Gasteiger partial charge in [-0.3, -0.25) is 0 Å². The lowest BCUT2D eigenvalue weighted by atomic mass is 10.2. The average Bonchev–Trinajstić information content (AvgIpc) is 2.35. The fourth-order valence-corrected chi connectivity index (χ4v) is 1.23. The van der Waals surface area contributed by atoms with E-state index in [4.69, 9.17) is 9.84 Å². The first-order chi connectivity index (χ1) is 4.77. The summed E-state index contributed by atoms with van der Waals surface area (Å²) in [6.07, 6.45) is 1.88. The van der Waals surface area contributed by atoms with Crippen molar-refractivity contribution in [2.45, 2.75) is 18.2 Å². The second-order valence-electron chi connectivity index (χ2n) is 2.42. The Labute approximate surface area is 57.5 Å². The molecule has 0 radical (unpaired) electrons. The van der Waals surface area contributed by atoms with Gasteiger partial charge in [0.1, 0.15) is 6.10 Å². The van der Waals surface area contributed by atoms with Crippen molar-refractivity contribution in [1.29, 1.82) is 0 Å². The molecule has 0 bridgehead atoms. The molecule has 0 aromatic carbocycles. The molecule has 1 heterocycles. The molecule has 1 saturated heterocycles. The zero-order chi connectivity index (χ0) is 7.14. The molecule has 0 aromatic heterocycles. The van der Waals surface area contributed by atoms with E-state index in [1.807, 2.05) is 0 Å². The molecule has 0 spiro atoms. The number of nitrogens with one attached hydrogen (secondary N) is 1. The Morgan fingerprint density at radius 3 is 3.10 bits per heavy atom. The van der Waals surface area contributed by atoms with E-state index in [9.17, 15) is 4.79 Å². The van der Waals surface area contributed by atoms with E-state index in [-0.39, 0.29) is 6.04 Å². The monoisotopic (exact) mass is 141 g/mol. The number of carbonyl (C=O) groups is 1. The third kappa shape index (κ3) is 0.623. The van der Waals surface area contributed by atoms with Crippen LogP contribution in [0.5, 0.6) is 0 Å². The van der Waals surface area contributed by atoms with Gasteiger partial charge in [0.05, 0.1) is 6.04 Å². The first-order valence-electron chi connectivity index (χ1n) is 3.11. The van der Waals surface area contributed by atoms with Crippen molar-refractivity contribution >= 4 is 6.09 Å². The van der Waals surface area contributed by atoms with Gasteiger partial charge in [-0.2, -0.15) is 0 Å². The summed E-state index contributed by atoms with van der Waals surface area (Å²) in [5.41, 5.74) is 0. The van der Waals surface area contributed by atoms with Crippen LogP contribution in [0.4, 0.5) is 4.79 Å². The van der Waals surface area contributed by atoms with Crippen molar-refractivity contribution in [2.75, 3.05) is 0 Å². The van der Waals surface area contributed by atoms with Crippen LogP contribution in [0.2, 0.25) is 0 Å². The van der Waals surface area contributed by atoms with Crippen LogP contribution in [-0.2, 0) is 4.74 Å². The van der Waals surface area contributed by atoms with Crippen molar-refractivity contribution in [1.82, 2.24) is 5.32 Å². The number of hydrogen-bond donors (Lipinski definition) is 2. The van der Waals surface area contributed by atoms with Crippen molar-refractivity contribution in [2.24, 2.45) is 0 Å². The topological polar surface area (TPSA) is 58.6 Å². The number of carbonyl (C=O) groups excluding carboxylic acids is 1. The molecule has 1 aliphatic carbocycles. The summed E-state index contributed by atoms with van der Waals surface area (Å²) < 4.78 is 4.73. The molecular weight excluding hydrogens is 134 g/mol. The predicted molar refractivity (Wildman–Crippen MR) is 32.3 cm³/mol. The number of amides is 1. The van der Waals surface area contributed by atoms with E-state index in [1.54, 1.807) is 12.2 Å². The molecule has 1 aliphatic heterocycles. The van der Waals surface area contributed by atoms with Gasteiger partial charge in [0, 0.05) is 0 Å². The maximum Gasteiger partial charge on any atom is 0.408 e. The number of ether oxygens (including phenoxy) is 1. The van der Waals surface area contributed by atoms with Crippen LogP contribution in [0.25, 0.3) is 0 Å². The van der Waals surface area contributed by atoms with Gasteiger partial charge in [0.15, 0.2) is 6.10 Å². The van der Waals surface area contributed by atoms with Gasteiger partial charge >= 0.3 is 6.09 Å². The Balaban J connectivity index is 2.19. The van der Waals surface area contributed by atoms with Crippen LogP contribution in [0.1, 0.15) is 0 Å². The zero-order valence-electron chi connectivity index (χ0n) is 5.15. The summed E-state index contributed by atoms with van der Waals surface area (Å²) in [4.78, 5) is 10.5. The number of aliphatic hydroxyl groups is 1. The SMILES string of the molecule is O=C1N[C@H]2C=C[C@H](O)[C@H]2O1. The number of fused-ring (bicyclic) bond motifs is 1. The second kappa shape index (κ2) is 1.73. The fraction of sp³-hybridized carbons (Fsp3) is 0.500. The number of hydrogen-bond acceptors (Lipinski definition) is 3. The Morgan fingerprint density at radius 1 is 1.60 bits per heavy atom. The second-order valence-corrected chi connectivity index (χ2v) is 2.42. The molecule has 10 heavy (non-hydrogen) atoms. The third-order valence-electron chi connectivity index (χ3n) is 1.73. The molecular formula is C6H7NO3. The highest BCUT2D eigenvalue weighted by molar-refractivity contribution is 5.71. The van der Waals surface area contributed by atoms with Crippen molar-refractivity contribution in [3.8, 4) is 0 Å². The van der Waals surface area contributed by atoms with Crippen LogP contribution in [0.3, 0.4) is 0 Å². The van der Waals surface area contributed by atoms with E-state index < -0.39 is 18.3 Å². The van der Waals surface area contributed by atoms with Crippen molar-refractivity contribution < 1.29 is 14.6 Å². The summed E-state index contributed by atoms with van der Waals surface area (Å²) in [7, 11) is 0. The highest BCUT2D eigenvalue weighted by Crippen LogP contribution is 2.20. The van der Waals surface area contributed by atoms with Gasteiger partial charge in [0.2, 0.25) is 0 Å². The molecule has 0 aromatic rings. The first-order valence-corrected chi connectivity index (χ1v) is 3.11. The van der Waals surface area contributed by atoms with Crippen LogP contribution in [0, 0.1) is 0 Å². The summed E-state index contributed by atoms with van der Waals surface area (Å²) >= 11 is 0. The lowest BCUT2D eigenvalue weighted by Gasteiger charge is -2.09. The summed E-state index contributed by atoms with van der Waals surface area (Å²) in [6, 6.07) is -0.123. The van der Waals surface area contributed by atoms with E-state index in [0.717, 1.165) is 0 Å². The largest absolute Gasteiger partial charge is 0.441 e. The van der Waals surface area contributed by atoms with Crippen LogP contribution in [-0.4, -0.2) is 29.4 Å².